The van der Waals surface area contributed by atoms with Gasteiger partial charge in [-0.05, 0) is 74.7 Å². The Labute approximate surface area is 162 Å². The Kier molecular flexibility index (Phi) is 3.86. The number of rotatable bonds is 2. The number of imidazole rings is 1. The third-order valence-corrected chi connectivity index (χ3v) is 8.92. The van der Waals surface area contributed by atoms with Crippen molar-refractivity contribution in [2.75, 3.05) is 6.61 Å². The van der Waals surface area contributed by atoms with Crippen molar-refractivity contribution in [3.8, 4) is 0 Å². The molecule has 27 heavy (non-hydrogen) atoms. The van der Waals surface area contributed by atoms with Gasteiger partial charge in [-0.25, -0.2) is 4.98 Å². The molecule has 146 valence electrons. The number of esters is 1. The minimum absolute atomic E-state index is 0.0569. The molecular formula is C23H32N2O2. The van der Waals surface area contributed by atoms with Gasteiger partial charge in [0, 0.05) is 23.9 Å². The Morgan fingerprint density at radius 1 is 1.22 bits per heavy atom. The molecule has 0 amide bonds. The van der Waals surface area contributed by atoms with Crippen molar-refractivity contribution in [1.82, 2.24) is 9.55 Å². The SMILES string of the molecule is CCOC(=O)C1CCC2C3CCC4n5ccnc5C=CC4(C)C3CCC12C. The first-order valence-corrected chi connectivity index (χ1v) is 10.9. The molecule has 2 heterocycles. The number of carbonyl (C=O) groups excluding carboxylic acids is 1. The van der Waals surface area contributed by atoms with Gasteiger partial charge in [0.1, 0.15) is 5.82 Å². The van der Waals surface area contributed by atoms with E-state index in [0.717, 1.165) is 24.6 Å². The summed E-state index contributed by atoms with van der Waals surface area (Å²) in [6.07, 6.45) is 15.9. The molecule has 0 N–H and O–H groups in total. The molecule has 4 nitrogen and oxygen atoms in total. The Morgan fingerprint density at radius 2 is 2.07 bits per heavy atom. The van der Waals surface area contributed by atoms with E-state index in [9.17, 15) is 4.79 Å². The highest BCUT2D eigenvalue weighted by Gasteiger charge is 2.61. The molecule has 0 aromatic carbocycles. The van der Waals surface area contributed by atoms with Gasteiger partial charge >= 0.3 is 5.97 Å². The molecule has 4 aliphatic rings. The topological polar surface area (TPSA) is 44.1 Å². The smallest absolute Gasteiger partial charge is 0.309 e. The van der Waals surface area contributed by atoms with Crippen molar-refractivity contribution < 1.29 is 9.53 Å². The van der Waals surface area contributed by atoms with Crippen molar-refractivity contribution in [2.45, 2.75) is 65.3 Å². The maximum atomic E-state index is 12.6. The first kappa shape index (κ1) is 17.5. The third-order valence-electron chi connectivity index (χ3n) is 8.92. The number of ether oxygens (including phenoxy) is 1. The van der Waals surface area contributed by atoms with E-state index < -0.39 is 0 Å². The fourth-order valence-corrected chi connectivity index (χ4v) is 7.65. The normalized spacial score (nSPS) is 44.8. The molecule has 0 spiro atoms. The van der Waals surface area contributed by atoms with Gasteiger partial charge in [-0.15, -0.1) is 0 Å². The van der Waals surface area contributed by atoms with E-state index >= 15 is 0 Å². The Hall–Kier alpha value is -1.58. The molecule has 7 unspecified atom stereocenters. The van der Waals surface area contributed by atoms with Crippen LogP contribution in [-0.2, 0) is 9.53 Å². The quantitative estimate of drug-likeness (QED) is 0.699. The van der Waals surface area contributed by atoms with Gasteiger partial charge < -0.3 is 9.30 Å². The zero-order valence-corrected chi connectivity index (χ0v) is 16.9. The number of fused-ring (bicyclic) bond motifs is 7. The molecule has 3 fully saturated rings. The summed E-state index contributed by atoms with van der Waals surface area (Å²) in [5.41, 5.74) is 0.342. The lowest BCUT2D eigenvalue weighted by Crippen LogP contribution is -2.52. The highest BCUT2D eigenvalue weighted by Crippen LogP contribution is 2.67. The molecule has 1 aliphatic heterocycles. The minimum Gasteiger partial charge on any atom is -0.466 e. The van der Waals surface area contributed by atoms with Crippen LogP contribution in [0.2, 0.25) is 0 Å². The standard InChI is InChI=1S/C23H32N2O2/c1-4-27-21(26)18-7-6-16-15-5-8-19-23(3,17(15)9-11-22(16,18)2)12-10-20-24-13-14-25(19)20/h10,12-19H,4-9,11H2,1-3H3. The van der Waals surface area contributed by atoms with E-state index in [1.54, 1.807) is 0 Å². The van der Waals surface area contributed by atoms with Crippen LogP contribution in [-0.4, -0.2) is 22.1 Å². The average molecular weight is 369 g/mol. The summed E-state index contributed by atoms with van der Waals surface area (Å²) in [5, 5.41) is 0. The lowest BCUT2D eigenvalue weighted by Gasteiger charge is -2.58. The van der Waals surface area contributed by atoms with E-state index in [-0.39, 0.29) is 22.7 Å². The molecule has 0 saturated heterocycles. The molecular weight excluding hydrogens is 336 g/mol. The molecule has 5 rings (SSSR count). The Bertz CT molecular complexity index is 783. The van der Waals surface area contributed by atoms with Gasteiger partial charge in [-0.2, -0.15) is 0 Å². The molecule has 3 aliphatic carbocycles. The highest BCUT2D eigenvalue weighted by molar-refractivity contribution is 5.74. The molecule has 0 bridgehead atoms. The zero-order chi connectivity index (χ0) is 18.8. The molecule has 0 radical (unpaired) electrons. The van der Waals surface area contributed by atoms with Gasteiger partial charge in [-0.3, -0.25) is 4.79 Å². The number of nitrogens with zero attached hydrogens (tertiary/aromatic N) is 2. The van der Waals surface area contributed by atoms with Crippen molar-refractivity contribution in [1.29, 1.82) is 0 Å². The summed E-state index contributed by atoms with van der Waals surface area (Å²) < 4.78 is 7.87. The maximum Gasteiger partial charge on any atom is 0.309 e. The van der Waals surface area contributed by atoms with Gasteiger partial charge in [0.05, 0.1) is 12.5 Å². The Balaban J connectivity index is 1.45. The zero-order valence-electron chi connectivity index (χ0n) is 16.9. The van der Waals surface area contributed by atoms with E-state index in [1.807, 2.05) is 13.1 Å². The van der Waals surface area contributed by atoms with E-state index in [4.69, 9.17) is 4.74 Å². The van der Waals surface area contributed by atoms with Crippen LogP contribution < -0.4 is 0 Å². The summed E-state index contributed by atoms with van der Waals surface area (Å²) in [7, 11) is 0. The second kappa shape index (κ2) is 5.96. The summed E-state index contributed by atoms with van der Waals surface area (Å²) in [4.78, 5) is 17.1. The van der Waals surface area contributed by atoms with Gasteiger partial charge in [0.15, 0.2) is 0 Å². The van der Waals surface area contributed by atoms with Crippen molar-refractivity contribution in [2.24, 2.45) is 34.5 Å². The number of aromatic nitrogens is 2. The summed E-state index contributed by atoms with van der Waals surface area (Å²) in [6, 6.07) is 0.535. The predicted molar refractivity (Wildman–Crippen MR) is 105 cm³/mol. The average Bonchev–Trinajstić information content (AvgIpc) is 3.25. The summed E-state index contributed by atoms with van der Waals surface area (Å²) in [6.45, 7) is 7.29. The number of carbonyl (C=O) groups is 1. The van der Waals surface area contributed by atoms with Crippen LogP contribution in [0.15, 0.2) is 18.5 Å². The number of hydrogen-bond donors (Lipinski definition) is 0. The van der Waals surface area contributed by atoms with Crippen LogP contribution in [0.3, 0.4) is 0 Å². The summed E-state index contributed by atoms with van der Waals surface area (Å²) >= 11 is 0. The minimum atomic E-state index is 0.0569. The third kappa shape index (κ3) is 2.28. The van der Waals surface area contributed by atoms with Crippen LogP contribution >= 0.6 is 0 Å². The first-order chi connectivity index (χ1) is 13.0. The maximum absolute atomic E-state index is 12.6. The second-order valence-corrected chi connectivity index (χ2v) is 9.79. The van der Waals surface area contributed by atoms with E-state index in [1.165, 1.54) is 25.7 Å². The lowest BCUT2D eigenvalue weighted by molar-refractivity contribution is -0.156. The van der Waals surface area contributed by atoms with Gasteiger partial charge in [0.25, 0.3) is 0 Å². The Morgan fingerprint density at radius 3 is 2.89 bits per heavy atom. The van der Waals surface area contributed by atoms with Crippen LogP contribution in [0.5, 0.6) is 0 Å². The van der Waals surface area contributed by atoms with Crippen LogP contribution in [0.4, 0.5) is 0 Å². The van der Waals surface area contributed by atoms with Crippen LogP contribution in [0.25, 0.3) is 6.08 Å². The molecule has 1 aromatic heterocycles. The van der Waals surface area contributed by atoms with Gasteiger partial charge in [-0.1, -0.05) is 19.9 Å². The largest absolute Gasteiger partial charge is 0.466 e. The number of hydrogen-bond acceptors (Lipinski definition) is 3. The van der Waals surface area contributed by atoms with Crippen LogP contribution in [0, 0.1) is 34.5 Å². The highest BCUT2D eigenvalue weighted by atomic mass is 16.5. The first-order valence-electron chi connectivity index (χ1n) is 10.9. The molecule has 1 aromatic rings. The van der Waals surface area contributed by atoms with Crippen molar-refractivity contribution >= 4 is 12.0 Å². The van der Waals surface area contributed by atoms with Crippen molar-refractivity contribution in [3.63, 3.8) is 0 Å². The van der Waals surface area contributed by atoms with Gasteiger partial charge in [0.2, 0.25) is 0 Å². The van der Waals surface area contributed by atoms with Crippen molar-refractivity contribution in [3.05, 3.63) is 24.3 Å². The molecule has 4 heteroatoms. The number of allylic oxidation sites excluding steroid dienone is 1. The predicted octanol–water partition coefficient (Wildman–Crippen LogP) is 4.87. The molecule has 7 atom stereocenters. The molecule has 3 saturated carbocycles. The lowest BCUT2D eigenvalue weighted by atomic mass is 9.48. The monoisotopic (exact) mass is 368 g/mol. The fourth-order valence-electron chi connectivity index (χ4n) is 7.65. The fraction of sp³-hybridized carbons (Fsp3) is 0.739. The van der Waals surface area contributed by atoms with E-state index in [2.05, 4.69) is 41.7 Å². The summed E-state index contributed by atoms with van der Waals surface area (Å²) in [5.74, 6) is 3.39. The van der Waals surface area contributed by atoms with E-state index in [0.29, 0.717) is 24.5 Å². The second-order valence-electron chi connectivity index (χ2n) is 9.79. The van der Waals surface area contributed by atoms with Crippen LogP contribution in [0.1, 0.15) is 71.2 Å².